The number of carbonyl (C=O) groups is 3. The second-order valence-corrected chi connectivity index (χ2v) is 9.93. The molecular formula is C24H28ClN3O4S. The van der Waals surface area contributed by atoms with Crippen LogP contribution in [-0.2, 0) is 22.4 Å². The van der Waals surface area contributed by atoms with Gasteiger partial charge in [-0.2, -0.15) is 0 Å². The van der Waals surface area contributed by atoms with Gasteiger partial charge < -0.3 is 15.0 Å². The highest BCUT2D eigenvalue weighted by molar-refractivity contribution is 7.17. The molecule has 33 heavy (non-hydrogen) atoms. The van der Waals surface area contributed by atoms with E-state index in [4.69, 9.17) is 16.3 Å². The van der Waals surface area contributed by atoms with Crippen LogP contribution >= 0.6 is 22.9 Å². The molecule has 0 spiro atoms. The standard InChI is InChI=1S/C24H28ClN3O4S/c1-32-24(31)21-18-8-2-3-9-19(18)33-22(21)26-20(29)15-27-10-5-11-28(13-12-27)23(30)16-6-4-7-17(25)14-16/h4,6-7,14H,2-3,5,8-13,15H2,1H3,(H,26,29). The van der Waals surface area contributed by atoms with E-state index in [9.17, 15) is 14.4 Å². The van der Waals surface area contributed by atoms with Crippen LogP contribution in [0, 0.1) is 0 Å². The topological polar surface area (TPSA) is 79.0 Å². The van der Waals surface area contributed by atoms with E-state index in [1.807, 2.05) is 9.80 Å². The normalized spacial score (nSPS) is 16.6. The zero-order chi connectivity index (χ0) is 23.4. The fourth-order valence-corrected chi connectivity index (χ4v) is 5.96. The van der Waals surface area contributed by atoms with Crippen molar-refractivity contribution in [2.75, 3.05) is 45.2 Å². The van der Waals surface area contributed by atoms with E-state index >= 15 is 0 Å². The highest BCUT2D eigenvalue weighted by Crippen LogP contribution is 2.38. The predicted molar refractivity (Wildman–Crippen MR) is 129 cm³/mol. The third-order valence-corrected chi connectivity index (χ3v) is 7.57. The zero-order valence-corrected chi connectivity index (χ0v) is 20.3. The fraction of sp³-hybridized carbons (Fsp3) is 0.458. The molecule has 1 N–H and O–H groups in total. The molecule has 1 saturated heterocycles. The van der Waals surface area contributed by atoms with Gasteiger partial charge in [0.1, 0.15) is 5.00 Å². The van der Waals surface area contributed by atoms with Crippen molar-refractivity contribution in [3.63, 3.8) is 0 Å². The summed E-state index contributed by atoms with van der Waals surface area (Å²) < 4.78 is 4.99. The molecule has 1 aromatic carbocycles. The lowest BCUT2D eigenvalue weighted by atomic mass is 9.95. The van der Waals surface area contributed by atoms with Crippen molar-refractivity contribution in [3.05, 3.63) is 50.9 Å². The molecule has 0 bridgehead atoms. The quantitative estimate of drug-likeness (QED) is 0.645. The van der Waals surface area contributed by atoms with Crippen molar-refractivity contribution in [2.45, 2.75) is 32.1 Å². The van der Waals surface area contributed by atoms with E-state index in [1.54, 1.807) is 24.3 Å². The minimum atomic E-state index is -0.394. The van der Waals surface area contributed by atoms with E-state index in [2.05, 4.69) is 5.32 Å². The van der Waals surface area contributed by atoms with Gasteiger partial charge in [0.15, 0.2) is 0 Å². The second-order valence-electron chi connectivity index (χ2n) is 8.39. The van der Waals surface area contributed by atoms with Gasteiger partial charge in [-0.3, -0.25) is 14.5 Å². The third kappa shape index (κ3) is 5.57. The van der Waals surface area contributed by atoms with Crippen LogP contribution in [0.1, 0.15) is 50.4 Å². The van der Waals surface area contributed by atoms with Crippen LogP contribution in [0.2, 0.25) is 5.02 Å². The summed E-state index contributed by atoms with van der Waals surface area (Å²) in [6, 6.07) is 6.97. The first-order valence-corrected chi connectivity index (χ1v) is 12.5. The highest BCUT2D eigenvalue weighted by Gasteiger charge is 2.28. The van der Waals surface area contributed by atoms with Crippen LogP contribution in [0.25, 0.3) is 0 Å². The number of methoxy groups -OCH3 is 1. The van der Waals surface area contributed by atoms with Crippen molar-refractivity contribution >= 4 is 45.7 Å². The van der Waals surface area contributed by atoms with Gasteiger partial charge in [-0.1, -0.05) is 17.7 Å². The van der Waals surface area contributed by atoms with Gasteiger partial charge in [0.25, 0.3) is 5.91 Å². The maximum absolute atomic E-state index is 12.8. The van der Waals surface area contributed by atoms with E-state index in [0.717, 1.165) is 44.2 Å². The summed E-state index contributed by atoms with van der Waals surface area (Å²) in [5.41, 5.74) is 2.11. The van der Waals surface area contributed by atoms with E-state index < -0.39 is 5.97 Å². The number of nitrogens with zero attached hydrogens (tertiary/aromatic N) is 2. The van der Waals surface area contributed by atoms with Gasteiger partial charge in [0, 0.05) is 41.6 Å². The first kappa shape index (κ1) is 23.7. The van der Waals surface area contributed by atoms with Crippen LogP contribution in [0.4, 0.5) is 5.00 Å². The lowest BCUT2D eigenvalue weighted by Crippen LogP contribution is -2.38. The van der Waals surface area contributed by atoms with E-state index in [1.165, 1.54) is 23.3 Å². The minimum absolute atomic E-state index is 0.0457. The summed E-state index contributed by atoms with van der Waals surface area (Å²) in [6.45, 7) is 2.71. The van der Waals surface area contributed by atoms with Crippen molar-refractivity contribution in [2.24, 2.45) is 0 Å². The molecule has 0 radical (unpaired) electrons. The molecule has 0 unspecified atom stereocenters. The molecule has 1 aliphatic carbocycles. The van der Waals surface area contributed by atoms with Crippen LogP contribution in [0.5, 0.6) is 0 Å². The molecule has 2 amide bonds. The SMILES string of the molecule is COC(=O)c1c(NC(=O)CN2CCCN(C(=O)c3cccc(Cl)c3)CC2)sc2c1CCCC2. The Labute approximate surface area is 202 Å². The number of nitrogens with one attached hydrogen (secondary N) is 1. The molecule has 4 rings (SSSR count). The number of hydrogen-bond acceptors (Lipinski definition) is 6. The highest BCUT2D eigenvalue weighted by atomic mass is 35.5. The Morgan fingerprint density at radius 1 is 1.09 bits per heavy atom. The number of esters is 1. The number of aryl methyl sites for hydroxylation is 1. The summed E-state index contributed by atoms with van der Waals surface area (Å²) in [5.74, 6) is -0.598. The van der Waals surface area contributed by atoms with Gasteiger partial charge in [0.2, 0.25) is 5.91 Å². The largest absolute Gasteiger partial charge is 0.465 e. The first-order chi connectivity index (χ1) is 16.0. The summed E-state index contributed by atoms with van der Waals surface area (Å²) in [4.78, 5) is 43.1. The Kier molecular flexibility index (Phi) is 7.67. The van der Waals surface area contributed by atoms with Crippen LogP contribution in [0.15, 0.2) is 24.3 Å². The monoisotopic (exact) mass is 489 g/mol. The smallest absolute Gasteiger partial charge is 0.341 e. The summed E-state index contributed by atoms with van der Waals surface area (Å²) in [5, 5.41) is 4.09. The Morgan fingerprint density at radius 2 is 1.91 bits per heavy atom. The Hall–Kier alpha value is -2.42. The molecule has 2 aromatic rings. The molecule has 2 heterocycles. The molecule has 0 atom stereocenters. The maximum Gasteiger partial charge on any atom is 0.341 e. The average molecular weight is 490 g/mol. The van der Waals surface area contributed by atoms with Crippen molar-refractivity contribution < 1.29 is 19.1 Å². The van der Waals surface area contributed by atoms with Gasteiger partial charge in [-0.05, 0) is 55.9 Å². The molecule has 1 aliphatic heterocycles. The van der Waals surface area contributed by atoms with E-state index in [0.29, 0.717) is 40.8 Å². The second kappa shape index (κ2) is 10.7. The molecule has 2 aliphatic rings. The number of carbonyl (C=O) groups excluding carboxylic acids is 3. The summed E-state index contributed by atoms with van der Waals surface area (Å²) >= 11 is 7.52. The number of amides is 2. The molecule has 7 nitrogen and oxygen atoms in total. The van der Waals surface area contributed by atoms with Crippen LogP contribution in [-0.4, -0.2) is 67.4 Å². The number of ether oxygens (including phenoxy) is 1. The summed E-state index contributed by atoms with van der Waals surface area (Å²) in [7, 11) is 1.37. The van der Waals surface area contributed by atoms with Gasteiger partial charge >= 0.3 is 5.97 Å². The number of rotatable bonds is 5. The summed E-state index contributed by atoms with van der Waals surface area (Å²) in [6.07, 6.45) is 4.69. The van der Waals surface area contributed by atoms with Crippen molar-refractivity contribution in [1.29, 1.82) is 0 Å². The number of fused-ring (bicyclic) bond motifs is 1. The molecule has 9 heteroatoms. The average Bonchev–Trinajstić information content (AvgIpc) is 3.00. The predicted octanol–water partition coefficient (Wildman–Crippen LogP) is 3.85. The van der Waals surface area contributed by atoms with Crippen molar-refractivity contribution in [3.8, 4) is 0 Å². The number of anilines is 1. The zero-order valence-electron chi connectivity index (χ0n) is 18.7. The number of benzene rings is 1. The lowest BCUT2D eigenvalue weighted by Gasteiger charge is -2.22. The number of thiophene rings is 1. The van der Waals surface area contributed by atoms with Crippen LogP contribution in [0.3, 0.4) is 0 Å². The first-order valence-electron chi connectivity index (χ1n) is 11.3. The maximum atomic E-state index is 12.8. The Morgan fingerprint density at radius 3 is 2.70 bits per heavy atom. The Bertz CT molecular complexity index is 1050. The fourth-order valence-electron chi connectivity index (χ4n) is 4.48. The lowest BCUT2D eigenvalue weighted by molar-refractivity contribution is -0.117. The van der Waals surface area contributed by atoms with E-state index in [-0.39, 0.29) is 18.4 Å². The molecule has 0 saturated carbocycles. The number of halogens is 1. The van der Waals surface area contributed by atoms with Gasteiger partial charge in [0.05, 0.1) is 19.2 Å². The molecule has 1 fully saturated rings. The number of hydrogen-bond donors (Lipinski definition) is 1. The van der Waals surface area contributed by atoms with Gasteiger partial charge in [-0.15, -0.1) is 11.3 Å². The molecule has 176 valence electrons. The van der Waals surface area contributed by atoms with Crippen LogP contribution < -0.4 is 5.32 Å². The minimum Gasteiger partial charge on any atom is -0.465 e. The Balaban J connectivity index is 1.37. The third-order valence-electron chi connectivity index (χ3n) is 6.13. The van der Waals surface area contributed by atoms with Crippen molar-refractivity contribution in [1.82, 2.24) is 9.80 Å². The molecular weight excluding hydrogens is 462 g/mol. The molecule has 1 aromatic heterocycles. The van der Waals surface area contributed by atoms with Gasteiger partial charge in [-0.25, -0.2) is 4.79 Å².